The number of benzene rings is 1. The molecule has 1 aromatic carbocycles. The van der Waals surface area contributed by atoms with Gasteiger partial charge in [-0.2, -0.15) is 5.10 Å². The molecule has 0 saturated carbocycles. The number of rotatable bonds is 3. The summed E-state index contributed by atoms with van der Waals surface area (Å²) >= 11 is 0. The largest absolute Gasteiger partial charge is 0.332 e. The molecule has 0 fully saturated rings. The molecule has 1 aliphatic heterocycles. The van der Waals surface area contributed by atoms with Crippen LogP contribution in [0.25, 0.3) is 11.5 Å². The first-order chi connectivity index (χ1) is 12.0. The highest BCUT2D eigenvalue weighted by Crippen LogP contribution is 2.31. The van der Waals surface area contributed by atoms with Crippen molar-refractivity contribution in [3.05, 3.63) is 65.6 Å². The van der Waals surface area contributed by atoms with E-state index in [1.54, 1.807) is 0 Å². The lowest BCUT2D eigenvalue weighted by Crippen LogP contribution is -2.30. The lowest BCUT2D eigenvalue weighted by molar-refractivity contribution is -0.135. The van der Waals surface area contributed by atoms with Gasteiger partial charge >= 0.3 is 0 Å². The van der Waals surface area contributed by atoms with E-state index >= 15 is 0 Å². The molecule has 5 nitrogen and oxygen atoms in total. The van der Waals surface area contributed by atoms with Crippen LogP contribution in [0.3, 0.4) is 0 Å². The van der Waals surface area contributed by atoms with Gasteiger partial charge in [0, 0.05) is 23.9 Å². The molecule has 3 aromatic rings. The molecule has 0 atom stereocenters. The molecule has 0 saturated heterocycles. The zero-order valence-electron chi connectivity index (χ0n) is 14.8. The lowest BCUT2D eigenvalue weighted by atomic mass is 10.2. The van der Waals surface area contributed by atoms with E-state index < -0.39 is 0 Å². The minimum absolute atomic E-state index is 0.00271. The number of aromatic nitrogens is 3. The maximum Gasteiger partial charge on any atom is 0.225 e. The van der Waals surface area contributed by atoms with Crippen molar-refractivity contribution >= 4 is 5.91 Å². The van der Waals surface area contributed by atoms with E-state index in [2.05, 4.69) is 29.7 Å². The predicted molar refractivity (Wildman–Crippen MR) is 96.7 cm³/mol. The Labute approximate surface area is 147 Å². The maximum absolute atomic E-state index is 12.4. The average molecular weight is 334 g/mol. The van der Waals surface area contributed by atoms with Crippen LogP contribution in [0.4, 0.5) is 0 Å². The van der Waals surface area contributed by atoms with Crippen LogP contribution in [-0.2, 0) is 17.9 Å². The highest BCUT2D eigenvalue weighted by molar-refractivity contribution is 5.79. The van der Waals surface area contributed by atoms with Crippen molar-refractivity contribution < 1.29 is 4.79 Å². The van der Waals surface area contributed by atoms with Crippen LogP contribution in [0.2, 0.25) is 0 Å². The third-order valence-electron chi connectivity index (χ3n) is 4.63. The number of aryl methyl sites for hydroxylation is 1. The second-order valence-electron chi connectivity index (χ2n) is 6.94. The first-order valence-corrected chi connectivity index (χ1v) is 8.64. The highest BCUT2D eigenvalue weighted by Gasteiger charge is 2.32. The zero-order chi connectivity index (χ0) is 17.6. The van der Waals surface area contributed by atoms with Gasteiger partial charge in [-0.1, -0.05) is 26.0 Å². The predicted octanol–water partition coefficient (Wildman–Crippen LogP) is 3.47. The Hall–Kier alpha value is -2.82. The Morgan fingerprint density at radius 3 is 2.56 bits per heavy atom. The first-order valence-electron chi connectivity index (χ1n) is 8.64. The molecule has 25 heavy (non-hydrogen) atoms. The maximum atomic E-state index is 12.4. The molecule has 128 valence electrons. The third kappa shape index (κ3) is 2.65. The number of amides is 1. The summed E-state index contributed by atoms with van der Waals surface area (Å²) in [5.74, 6) is 1.20. The molecule has 0 unspecified atom stereocenters. The van der Waals surface area contributed by atoms with Crippen molar-refractivity contribution in [2.45, 2.75) is 33.9 Å². The van der Waals surface area contributed by atoms with Crippen LogP contribution >= 0.6 is 0 Å². The van der Waals surface area contributed by atoms with E-state index in [1.165, 1.54) is 5.56 Å². The van der Waals surface area contributed by atoms with Gasteiger partial charge in [0.2, 0.25) is 5.91 Å². The molecule has 0 aliphatic carbocycles. The first kappa shape index (κ1) is 15.7. The lowest BCUT2D eigenvalue weighted by Gasteiger charge is -2.19. The van der Waals surface area contributed by atoms with Crippen LogP contribution in [0, 0.1) is 12.8 Å². The molecular formula is C20H22N4O. The third-order valence-corrected chi connectivity index (χ3v) is 4.63. The van der Waals surface area contributed by atoms with Gasteiger partial charge in [0.1, 0.15) is 5.82 Å². The number of nitrogens with zero attached hydrogens (tertiary/aromatic N) is 4. The molecule has 0 radical (unpaired) electrons. The second-order valence-corrected chi connectivity index (χ2v) is 6.94. The van der Waals surface area contributed by atoms with Crippen molar-refractivity contribution in [2.24, 2.45) is 5.92 Å². The molecule has 0 bridgehead atoms. The number of carbonyl (C=O) groups is 1. The molecule has 0 spiro atoms. The van der Waals surface area contributed by atoms with Gasteiger partial charge < -0.3 is 9.47 Å². The fourth-order valence-electron chi connectivity index (χ4n) is 3.40. The normalized spacial score (nSPS) is 13.5. The topological polar surface area (TPSA) is 43.1 Å². The van der Waals surface area contributed by atoms with Gasteiger partial charge in [-0.15, -0.1) is 0 Å². The van der Waals surface area contributed by atoms with E-state index in [1.807, 2.05) is 54.0 Å². The van der Waals surface area contributed by atoms with Gasteiger partial charge in [-0.05, 0) is 36.8 Å². The number of hydrogen-bond donors (Lipinski definition) is 0. The minimum atomic E-state index is 0.00271. The Bertz CT molecular complexity index is 921. The summed E-state index contributed by atoms with van der Waals surface area (Å²) in [6.07, 6.45) is 4.05. The SMILES string of the molecule is Cc1cccc(-n2nc3c(c2-n2cccc2)CN(C(=O)C(C)C)C3)c1. The summed E-state index contributed by atoms with van der Waals surface area (Å²) in [4.78, 5) is 14.3. The number of fused-ring (bicyclic) bond motifs is 1. The molecule has 4 rings (SSSR count). The van der Waals surface area contributed by atoms with Crippen molar-refractivity contribution in [2.75, 3.05) is 0 Å². The van der Waals surface area contributed by atoms with Crippen LogP contribution in [-0.4, -0.2) is 25.2 Å². The molecule has 1 aliphatic rings. The van der Waals surface area contributed by atoms with Gasteiger partial charge in [0.25, 0.3) is 0 Å². The molecule has 2 aromatic heterocycles. The fourth-order valence-corrected chi connectivity index (χ4v) is 3.40. The van der Waals surface area contributed by atoms with Gasteiger partial charge in [-0.3, -0.25) is 4.79 Å². The number of carbonyl (C=O) groups excluding carboxylic acids is 1. The molecule has 0 N–H and O–H groups in total. The summed E-state index contributed by atoms with van der Waals surface area (Å²) in [5, 5.41) is 4.85. The summed E-state index contributed by atoms with van der Waals surface area (Å²) in [6.45, 7) is 7.17. The van der Waals surface area contributed by atoms with Crippen molar-refractivity contribution in [3.8, 4) is 11.5 Å². The Morgan fingerprint density at radius 2 is 1.88 bits per heavy atom. The zero-order valence-corrected chi connectivity index (χ0v) is 14.8. The fraction of sp³-hybridized carbons (Fsp3) is 0.300. The quantitative estimate of drug-likeness (QED) is 0.736. The van der Waals surface area contributed by atoms with E-state index in [9.17, 15) is 4.79 Å². The molecular weight excluding hydrogens is 312 g/mol. The van der Waals surface area contributed by atoms with Gasteiger partial charge in [0.15, 0.2) is 0 Å². The Balaban J connectivity index is 1.82. The smallest absolute Gasteiger partial charge is 0.225 e. The summed E-state index contributed by atoms with van der Waals surface area (Å²) in [6, 6.07) is 12.3. The van der Waals surface area contributed by atoms with Crippen molar-refractivity contribution in [3.63, 3.8) is 0 Å². The standard InChI is InChI=1S/C20H22N4O/c1-14(2)20(25)23-12-17-18(13-23)21-24(16-8-6-7-15(3)11-16)19(17)22-9-4-5-10-22/h4-11,14H,12-13H2,1-3H3. The van der Waals surface area contributed by atoms with Gasteiger partial charge in [-0.25, -0.2) is 4.68 Å². The van der Waals surface area contributed by atoms with E-state index in [4.69, 9.17) is 5.10 Å². The Morgan fingerprint density at radius 1 is 1.12 bits per heavy atom. The van der Waals surface area contributed by atoms with E-state index in [-0.39, 0.29) is 11.8 Å². The summed E-state index contributed by atoms with van der Waals surface area (Å²) in [5.41, 5.74) is 4.36. The summed E-state index contributed by atoms with van der Waals surface area (Å²) < 4.78 is 4.08. The van der Waals surface area contributed by atoms with Crippen LogP contribution in [0.15, 0.2) is 48.8 Å². The van der Waals surface area contributed by atoms with Crippen LogP contribution < -0.4 is 0 Å². The molecule has 5 heteroatoms. The average Bonchev–Trinajstić information content (AvgIpc) is 3.29. The van der Waals surface area contributed by atoms with E-state index in [0.717, 1.165) is 22.8 Å². The van der Waals surface area contributed by atoms with Crippen molar-refractivity contribution in [1.29, 1.82) is 0 Å². The second kappa shape index (κ2) is 5.92. The van der Waals surface area contributed by atoms with E-state index in [0.29, 0.717) is 13.1 Å². The minimum Gasteiger partial charge on any atom is -0.332 e. The monoisotopic (exact) mass is 334 g/mol. The van der Waals surface area contributed by atoms with Crippen LogP contribution in [0.1, 0.15) is 30.7 Å². The summed E-state index contributed by atoms with van der Waals surface area (Å²) in [7, 11) is 0. The van der Waals surface area contributed by atoms with Crippen LogP contribution in [0.5, 0.6) is 0 Å². The number of hydrogen-bond acceptors (Lipinski definition) is 2. The highest BCUT2D eigenvalue weighted by atomic mass is 16.2. The Kier molecular flexibility index (Phi) is 3.71. The van der Waals surface area contributed by atoms with Crippen molar-refractivity contribution in [1.82, 2.24) is 19.2 Å². The van der Waals surface area contributed by atoms with Gasteiger partial charge in [0.05, 0.1) is 24.5 Å². The molecule has 3 heterocycles. The molecule has 1 amide bonds.